The molecule has 0 aromatic heterocycles. The van der Waals surface area contributed by atoms with Crippen LogP contribution in [0.2, 0.25) is 0 Å². The fourth-order valence-corrected chi connectivity index (χ4v) is 6.40. The smallest absolute Gasteiger partial charge is 0.0782 e. The van der Waals surface area contributed by atoms with E-state index in [1.54, 1.807) is 0 Å². The molecule has 3 unspecified atom stereocenters. The highest BCUT2D eigenvalue weighted by atomic mass is 16.3. The van der Waals surface area contributed by atoms with Gasteiger partial charge in [0.2, 0.25) is 0 Å². The topological polar surface area (TPSA) is 47.9 Å². The van der Waals surface area contributed by atoms with Crippen molar-refractivity contribution in [3.05, 3.63) is 139 Å². The maximum atomic E-state index is 11.1. The van der Waals surface area contributed by atoms with E-state index >= 15 is 0 Å². The van der Waals surface area contributed by atoms with Gasteiger partial charge in [-0.1, -0.05) is 125 Å². The van der Waals surface area contributed by atoms with Crippen molar-refractivity contribution in [3.8, 4) is 11.1 Å². The number of rotatable bonds is 20. The molecule has 0 saturated carbocycles. The SMILES string of the molecule is C=NC(CC(=C)N(CCC)c1ccccc1Nc1c(C(C)C)cc(-c2ccccc2)cc1C(C)O)C(CCC(=C)/C=C\C)C(=C)/C=C\CC. The van der Waals surface area contributed by atoms with Crippen molar-refractivity contribution in [2.24, 2.45) is 10.9 Å². The second-order valence-corrected chi connectivity index (χ2v) is 13.2. The molecule has 0 fully saturated rings. The molecule has 0 heterocycles. The highest BCUT2D eigenvalue weighted by Gasteiger charge is 2.26. The van der Waals surface area contributed by atoms with Crippen molar-refractivity contribution >= 4 is 23.8 Å². The Labute approximate surface area is 297 Å². The molecule has 2 N–H and O–H groups in total. The molecule has 260 valence electrons. The molecule has 0 spiro atoms. The van der Waals surface area contributed by atoms with Gasteiger partial charge in [0.15, 0.2) is 0 Å². The van der Waals surface area contributed by atoms with Crippen molar-refractivity contribution in [3.63, 3.8) is 0 Å². The summed E-state index contributed by atoms with van der Waals surface area (Å²) in [5, 5.41) is 14.9. The van der Waals surface area contributed by atoms with E-state index in [-0.39, 0.29) is 17.9 Å². The summed E-state index contributed by atoms with van der Waals surface area (Å²) < 4.78 is 0. The number of hydrogen-bond donors (Lipinski definition) is 2. The van der Waals surface area contributed by atoms with E-state index in [2.05, 4.69) is 148 Å². The van der Waals surface area contributed by atoms with Gasteiger partial charge in [-0.3, -0.25) is 4.99 Å². The van der Waals surface area contributed by atoms with Crippen LogP contribution in [0.5, 0.6) is 0 Å². The number of allylic oxidation sites excluding steroid dienone is 5. The van der Waals surface area contributed by atoms with Crippen LogP contribution in [0.25, 0.3) is 11.1 Å². The Bertz CT molecular complexity index is 1580. The summed E-state index contributed by atoms with van der Waals surface area (Å²) in [7, 11) is 0. The maximum Gasteiger partial charge on any atom is 0.0782 e. The summed E-state index contributed by atoms with van der Waals surface area (Å²) in [5.41, 5.74) is 10.4. The third-order valence-electron chi connectivity index (χ3n) is 9.03. The van der Waals surface area contributed by atoms with E-state index in [1.165, 1.54) is 0 Å². The van der Waals surface area contributed by atoms with Crippen LogP contribution < -0.4 is 10.2 Å². The standard InChI is InChI=1S/C45H59N3O/c1-11-14-21-34(7)39(27-26-33(6)20-12-2)43(46-10)29-35(8)48(28-13-3)44-25-19-18-24-42(44)47-45-40(32(4)5)30-38(31-41(45)36(9)49)37-22-16-15-17-23-37/h12,14-25,30-32,36,39,43,47,49H,6-8,10-11,13,26-29H2,1-5,9H3/b20-12-,21-14-. The molecule has 0 radical (unpaired) electrons. The number of hydrogen-bond acceptors (Lipinski definition) is 4. The Kier molecular flexibility index (Phi) is 15.6. The summed E-state index contributed by atoms with van der Waals surface area (Å²) in [6.45, 7) is 30.8. The first-order chi connectivity index (χ1) is 23.6. The van der Waals surface area contributed by atoms with Gasteiger partial charge in [0, 0.05) is 35.8 Å². The molecular formula is C45H59N3O. The fourth-order valence-electron chi connectivity index (χ4n) is 6.40. The van der Waals surface area contributed by atoms with Gasteiger partial charge < -0.3 is 15.3 Å². The van der Waals surface area contributed by atoms with Gasteiger partial charge in [-0.2, -0.15) is 0 Å². The second-order valence-electron chi connectivity index (χ2n) is 13.2. The summed E-state index contributed by atoms with van der Waals surface area (Å²) in [4.78, 5) is 7.00. The zero-order valence-electron chi connectivity index (χ0n) is 30.9. The number of nitrogens with one attached hydrogen (secondary N) is 1. The van der Waals surface area contributed by atoms with Gasteiger partial charge in [-0.25, -0.2) is 0 Å². The summed E-state index contributed by atoms with van der Waals surface area (Å²) in [6, 6.07) is 23.0. The molecule has 0 aliphatic heterocycles. The molecule has 0 saturated heterocycles. The minimum Gasteiger partial charge on any atom is -0.389 e. The molecule has 4 nitrogen and oxygen atoms in total. The number of para-hydroxylation sites is 2. The monoisotopic (exact) mass is 657 g/mol. The van der Waals surface area contributed by atoms with Crippen molar-refractivity contribution in [1.29, 1.82) is 0 Å². The lowest BCUT2D eigenvalue weighted by atomic mass is 9.84. The molecule has 0 aliphatic carbocycles. The molecule has 4 heteroatoms. The van der Waals surface area contributed by atoms with Crippen LogP contribution in [0.1, 0.15) is 96.8 Å². The van der Waals surface area contributed by atoms with Gasteiger partial charge >= 0.3 is 0 Å². The average molecular weight is 658 g/mol. The van der Waals surface area contributed by atoms with Gasteiger partial charge in [0.25, 0.3) is 0 Å². The van der Waals surface area contributed by atoms with Gasteiger partial charge in [-0.15, -0.1) is 0 Å². The predicted octanol–water partition coefficient (Wildman–Crippen LogP) is 12.5. The Balaban J connectivity index is 2.03. The third-order valence-corrected chi connectivity index (χ3v) is 9.03. The maximum absolute atomic E-state index is 11.1. The van der Waals surface area contributed by atoms with Crippen molar-refractivity contribution in [1.82, 2.24) is 0 Å². The zero-order valence-corrected chi connectivity index (χ0v) is 30.9. The van der Waals surface area contributed by atoms with Crippen molar-refractivity contribution in [2.45, 2.75) is 91.7 Å². The van der Waals surface area contributed by atoms with Gasteiger partial charge in [0.05, 0.1) is 23.5 Å². The van der Waals surface area contributed by atoms with E-state index in [4.69, 9.17) is 0 Å². The third kappa shape index (κ3) is 10.8. The summed E-state index contributed by atoms with van der Waals surface area (Å²) in [6.07, 6.45) is 12.1. The highest BCUT2D eigenvalue weighted by Crippen LogP contribution is 2.41. The molecule has 3 aromatic rings. The van der Waals surface area contributed by atoms with E-state index in [9.17, 15) is 5.11 Å². The van der Waals surface area contributed by atoms with E-state index in [1.807, 2.05) is 26.0 Å². The normalized spacial score (nSPS) is 13.4. The number of anilines is 3. The van der Waals surface area contributed by atoms with E-state index in [0.29, 0.717) is 6.42 Å². The first-order valence-corrected chi connectivity index (χ1v) is 17.9. The largest absolute Gasteiger partial charge is 0.389 e. The van der Waals surface area contributed by atoms with Crippen LogP contribution in [0.15, 0.2) is 133 Å². The van der Waals surface area contributed by atoms with Crippen LogP contribution in [0.3, 0.4) is 0 Å². The van der Waals surface area contributed by atoms with Crippen LogP contribution in [0, 0.1) is 5.92 Å². The first kappa shape index (κ1) is 39.0. The number of benzene rings is 3. The van der Waals surface area contributed by atoms with Crippen LogP contribution in [-0.4, -0.2) is 24.4 Å². The fraction of sp³-hybridized carbons (Fsp3) is 0.356. The number of aliphatic imine (C=N–C) groups is 1. The Morgan fingerprint density at radius 3 is 2.20 bits per heavy atom. The summed E-state index contributed by atoms with van der Waals surface area (Å²) >= 11 is 0. The predicted molar refractivity (Wildman–Crippen MR) is 216 cm³/mol. The second kappa shape index (κ2) is 19.6. The molecule has 0 amide bonds. The molecular weight excluding hydrogens is 599 g/mol. The lowest BCUT2D eigenvalue weighted by molar-refractivity contribution is 0.200. The Morgan fingerprint density at radius 1 is 0.918 bits per heavy atom. The molecule has 3 aromatic carbocycles. The molecule has 0 bridgehead atoms. The van der Waals surface area contributed by atoms with Crippen molar-refractivity contribution < 1.29 is 5.11 Å². The van der Waals surface area contributed by atoms with Crippen LogP contribution >= 0.6 is 0 Å². The van der Waals surface area contributed by atoms with Crippen LogP contribution in [0.4, 0.5) is 17.1 Å². The number of aliphatic hydroxyl groups is 1. The minimum absolute atomic E-state index is 0.0840. The number of nitrogens with zero attached hydrogens (tertiary/aromatic N) is 2. The highest BCUT2D eigenvalue weighted by molar-refractivity contribution is 5.81. The van der Waals surface area contributed by atoms with Crippen LogP contribution in [-0.2, 0) is 0 Å². The van der Waals surface area contributed by atoms with Crippen molar-refractivity contribution in [2.75, 3.05) is 16.8 Å². The zero-order chi connectivity index (χ0) is 35.9. The average Bonchev–Trinajstić information content (AvgIpc) is 3.09. The Morgan fingerprint density at radius 2 is 1.59 bits per heavy atom. The molecule has 3 rings (SSSR count). The van der Waals surface area contributed by atoms with E-state index in [0.717, 1.165) is 88.4 Å². The Hall–Kier alpha value is -4.41. The lowest BCUT2D eigenvalue weighted by Crippen LogP contribution is -2.29. The minimum atomic E-state index is -0.660. The number of aliphatic hydroxyl groups excluding tert-OH is 1. The van der Waals surface area contributed by atoms with E-state index < -0.39 is 6.10 Å². The molecule has 0 aliphatic rings. The quantitative estimate of drug-likeness (QED) is 0.0939. The molecule has 3 atom stereocenters. The first-order valence-electron chi connectivity index (χ1n) is 17.9. The summed E-state index contributed by atoms with van der Waals surface area (Å²) in [5.74, 6) is 0.342. The van der Waals surface area contributed by atoms with Gasteiger partial charge in [-0.05, 0) is 93.1 Å². The lowest BCUT2D eigenvalue weighted by Gasteiger charge is -2.33. The molecule has 49 heavy (non-hydrogen) atoms. The van der Waals surface area contributed by atoms with Gasteiger partial charge in [0.1, 0.15) is 0 Å².